The van der Waals surface area contributed by atoms with Crippen molar-refractivity contribution in [3.63, 3.8) is 0 Å². The van der Waals surface area contributed by atoms with E-state index in [1.165, 1.54) is 43.4 Å². The van der Waals surface area contributed by atoms with Crippen LogP contribution in [0.15, 0.2) is 59.4 Å². The van der Waals surface area contributed by atoms with Crippen molar-refractivity contribution in [2.24, 2.45) is 0 Å². The third-order valence-corrected chi connectivity index (χ3v) is 5.78. The molecule has 0 bridgehead atoms. The van der Waals surface area contributed by atoms with Crippen LogP contribution >= 0.6 is 0 Å². The van der Waals surface area contributed by atoms with Crippen LogP contribution in [0, 0.1) is 0 Å². The third kappa shape index (κ3) is 7.23. The number of hydrogen-bond acceptors (Lipinski definition) is 4. The summed E-state index contributed by atoms with van der Waals surface area (Å²) in [6.45, 7) is 2.10. The zero-order valence-corrected chi connectivity index (χ0v) is 18.1. The van der Waals surface area contributed by atoms with Gasteiger partial charge in [-0.1, -0.05) is 68.5 Å². The van der Waals surface area contributed by atoms with E-state index in [4.69, 9.17) is 0 Å². The van der Waals surface area contributed by atoms with Gasteiger partial charge in [-0.3, -0.25) is 4.79 Å². The van der Waals surface area contributed by atoms with Crippen LogP contribution in [0.1, 0.15) is 62.2 Å². The lowest BCUT2D eigenvalue weighted by Gasteiger charge is -2.14. The van der Waals surface area contributed by atoms with E-state index in [9.17, 15) is 15.0 Å². The molecule has 5 nitrogen and oxygen atoms in total. The fraction of sp³-hybridized carbons (Fsp3) is 0.423. The number of rotatable bonds is 13. The number of unbranched alkanes of at least 4 members (excludes halogenated alkanes) is 5. The molecule has 0 spiro atoms. The van der Waals surface area contributed by atoms with Crippen LogP contribution in [0.2, 0.25) is 0 Å². The van der Waals surface area contributed by atoms with Crippen LogP contribution in [-0.4, -0.2) is 28.3 Å². The average molecular weight is 423 g/mol. The van der Waals surface area contributed by atoms with Gasteiger partial charge in [0.05, 0.1) is 11.6 Å². The highest BCUT2D eigenvalue weighted by molar-refractivity contribution is 5.87. The molecule has 0 saturated heterocycles. The molecular weight excluding hydrogens is 388 g/mol. The first kappa shape index (κ1) is 23.0. The number of pyridine rings is 1. The number of hydrogen-bond donors (Lipinski definition) is 4. The number of aliphatic hydroxyl groups excluding tert-OH is 1. The molecule has 166 valence electrons. The van der Waals surface area contributed by atoms with Crippen molar-refractivity contribution in [1.82, 2.24) is 10.3 Å². The summed E-state index contributed by atoms with van der Waals surface area (Å²) in [7, 11) is 0. The van der Waals surface area contributed by atoms with Crippen LogP contribution in [0.25, 0.3) is 10.9 Å². The van der Waals surface area contributed by atoms with Crippen molar-refractivity contribution < 1.29 is 10.2 Å². The maximum atomic E-state index is 11.5. The Morgan fingerprint density at radius 1 is 0.839 bits per heavy atom. The number of H-pyrrole nitrogens is 1. The van der Waals surface area contributed by atoms with Gasteiger partial charge in [0.25, 0.3) is 0 Å². The first-order valence-electron chi connectivity index (χ1n) is 11.4. The summed E-state index contributed by atoms with van der Waals surface area (Å²) in [6, 6.07) is 16.9. The summed E-state index contributed by atoms with van der Waals surface area (Å²) in [6.07, 6.45) is 8.07. The quantitative estimate of drug-likeness (QED) is 0.297. The molecule has 4 N–H and O–H groups in total. The topological polar surface area (TPSA) is 85.3 Å². The molecule has 0 unspecified atom stereocenters. The van der Waals surface area contributed by atoms with E-state index in [2.05, 4.69) is 40.6 Å². The summed E-state index contributed by atoms with van der Waals surface area (Å²) in [5.41, 5.74) is 2.26. The van der Waals surface area contributed by atoms with E-state index >= 15 is 0 Å². The summed E-state index contributed by atoms with van der Waals surface area (Å²) >= 11 is 0. The molecule has 2 aromatic carbocycles. The first-order chi connectivity index (χ1) is 15.1. The minimum Gasteiger partial charge on any atom is -0.506 e. The van der Waals surface area contributed by atoms with E-state index in [0.29, 0.717) is 17.3 Å². The number of benzene rings is 2. The lowest BCUT2D eigenvalue weighted by molar-refractivity contribution is 0.164. The Balaban J connectivity index is 1.26. The molecule has 0 saturated carbocycles. The first-order valence-corrected chi connectivity index (χ1v) is 11.4. The van der Waals surface area contributed by atoms with E-state index in [1.807, 2.05) is 0 Å². The van der Waals surface area contributed by atoms with Crippen LogP contribution in [0.3, 0.4) is 0 Å². The van der Waals surface area contributed by atoms with Crippen LogP contribution in [-0.2, 0) is 6.42 Å². The van der Waals surface area contributed by atoms with Gasteiger partial charge < -0.3 is 20.5 Å². The highest BCUT2D eigenvalue weighted by Crippen LogP contribution is 2.31. The van der Waals surface area contributed by atoms with Crippen LogP contribution in [0.5, 0.6) is 5.75 Å². The molecule has 0 aliphatic carbocycles. The fourth-order valence-corrected chi connectivity index (χ4v) is 4.00. The van der Waals surface area contributed by atoms with Gasteiger partial charge in [0.2, 0.25) is 5.56 Å². The Bertz CT molecular complexity index is 985. The molecule has 5 heteroatoms. The molecule has 1 heterocycles. The van der Waals surface area contributed by atoms with Gasteiger partial charge in [-0.15, -0.1) is 0 Å². The molecule has 0 fully saturated rings. The Morgan fingerprint density at radius 3 is 2.39 bits per heavy atom. The van der Waals surface area contributed by atoms with Gasteiger partial charge >= 0.3 is 0 Å². The second kappa shape index (κ2) is 12.3. The molecule has 31 heavy (non-hydrogen) atoms. The number of aromatic hydroxyl groups is 1. The van der Waals surface area contributed by atoms with Gasteiger partial charge in [0.1, 0.15) is 5.75 Å². The summed E-state index contributed by atoms with van der Waals surface area (Å²) < 4.78 is 0. The Labute approximate surface area is 184 Å². The molecular formula is C26H34N2O3. The Kier molecular flexibility index (Phi) is 9.13. The highest BCUT2D eigenvalue weighted by Gasteiger charge is 2.13. The summed E-state index contributed by atoms with van der Waals surface area (Å²) in [5.74, 6) is 0.0261. The number of phenols is 1. The minimum absolute atomic E-state index is 0.0261. The minimum atomic E-state index is -0.595. The number of fused-ring (bicyclic) bond motifs is 1. The van der Waals surface area contributed by atoms with Gasteiger partial charge in [-0.05, 0) is 55.6 Å². The largest absolute Gasteiger partial charge is 0.506 e. The second-order valence-corrected chi connectivity index (χ2v) is 8.20. The van der Waals surface area contributed by atoms with Gasteiger partial charge in [-0.2, -0.15) is 0 Å². The average Bonchev–Trinajstić information content (AvgIpc) is 2.78. The van der Waals surface area contributed by atoms with Crippen molar-refractivity contribution in [2.75, 3.05) is 13.1 Å². The van der Waals surface area contributed by atoms with Crippen LogP contribution in [0.4, 0.5) is 0 Å². The molecule has 0 radical (unpaired) electrons. The number of nitrogens with one attached hydrogen (secondary N) is 2. The number of aliphatic hydroxyl groups is 1. The SMILES string of the molecule is O=c1ccc2c([C@@H](O)CCCCCCCCNCCc3ccccc3)ccc(O)c2[nH]1. The van der Waals surface area contributed by atoms with Crippen molar-refractivity contribution in [2.45, 2.75) is 57.5 Å². The van der Waals surface area contributed by atoms with Crippen molar-refractivity contribution in [1.29, 1.82) is 0 Å². The Hall–Kier alpha value is -2.63. The van der Waals surface area contributed by atoms with E-state index < -0.39 is 6.10 Å². The maximum Gasteiger partial charge on any atom is 0.248 e. The summed E-state index contributed by atoms with van der Waals surface area (Å²) in [4.78, 5) is 14.2. The van der Waals surface area contributed by atoms with Crippen molar-refractivity contribution in [3.05, 3.63) is 76.1 Å². The molecule has 1 aromatic heterocycles. The number of phenolic OH excluding ortho intramolecular Hbond substituents is 1. The van der Waals surface area contributed by atoms with E-state index in [0.717, 1.165) is 37.9 Å². The zero-order chi connectivity index (χ0) is 21.9. The van der Waals surface area contributed by atoms with Gasteiger partial charge in [0, 0.05) is 11.5 Å². The predicted octanol–water partition coefficient (Wildman–Crippen LogP) is 4.83. The van der Waals surface area contributed by atoms with Crippen molar-refractivity contribution >= 4 is 10.9 Å². The number of aromatic nitrogens is 1. The smallest absolute Gasteiger partial charge is 0.248 e. The molecule has 0 amide bonds. The fourth-order valence-electron chi connectivity index (χ4n) is 4.00. The normalized spacial score (nSPS) is 12.3. The third-order valence-electron chi connectivity index (χ3n) is 5.78. The molecule has 0 aliphatic heterocycles. The van der Waals surface area contributed by atoms with Gasteiger partial charge in [0.15, 0.2) is 0 Å². The standard InChI is InChI=1S/C26H34N2O3/c29-23(21-13-15-24(30)26-22(21)14-16-25(31)28-26)12-8-3-1-2-4-9-18-27-19-17-20-10-6-5-7-11-20/h5-7,10-11,13-16,23,27,29-30H,1-4,8-9,12,17-19H2,(H,28,31)/t23-/m0/s1. The van der Waals surface area contributed by atoms with Gasteiger partial charge in [-0.25, -0.2) is 0 Å². The lowest BCUT2D eigenvalue weighted by Crippen LogP contribution is -2.18. The monoisotopic (exact) mass is 422 g/mol. The highest BCUT2D eigenvalue weighted by atomic mass is 16.3. The zero-order valence-electron chi connectivity index (χ0n) is 18.1. The predicted molar refractivity (Wildman–Crippen MR) is 127 cm³/mol. The van der Waals surface area contributed by atoms with E-state index in [1.54, 1.807) is 12.1 Å². The lowest BCUT2D eigenvalue weighted by atomic mass is 9.98. The van der Waals surface area contributed by atoms with Crippen LogP contribution < -0.4 is 10.9 Å². The molecule has 0 aliphatic rings. The Morgan fingerprint density at radius 2 is 1.58 bits per heavy atom. The summed E-state index contributed by atoms with van der Waals surface area (Å²) in [5, 5.41) is 24.8. The molecule has 3 aromatic rings. The van der Waals surface area contributed by atoms with E-state index in [-0.39, 0.29) is 11.3 Å². The molecule has 1 atom stereocenters. The van der Waals surface area contributed by atoms with Crippen molar-refractivity contribution in [3.8, 4) is 5.75 Å². The second-order valence-electron chi connectivity index (χ2n) is 8.20. The number of aromatic amines is 1. The maximum absolute atomic E-state index is 11.5. The molecule has 3 rings (SSSR count).